The summed E-state index contributed by atoms with van der Waals surface area (Å²) in [6.07, 6.45) is 3.40. The molecule has 3 fully saturated rings. The molecule has 8 nitrogen and oxygen atoms in total. The number of rotatable bonds is 4. The quantitative estimate of drug-likeness (QED) is 0.818. The highest BCUT2D eigenvalue weighted by Crippen LogP contribution is 2.32. The van der Waals surface area contributed by atoms with Crippen LogP contribution in [0.1, 0.15) is 47.3 Å². The molecular weight excluding hydrogens is 346 g/mol. The van der Waals surface area contributed by atoms with E-state index in [1.807, 2.05) is 30.6 Å². The van der Waals surface area contributed by atoms with Crippen molar-refractivity contribution in [2.75, 3.05) is 13.1 Å². The molecule has 0 aromatic carbocycles. The number of aromatic nitrogens is 3. The van der Waals surface area contributed by atoms with Gasteiger partial charge in [0.1, 0.15) is 11.5 Å². The van der Waals surface area contributed by atoms with Crippen molar-refractivity contribution in [1.82, 2.24) is 24.7 Å². The van der Waals surface area contributed by atoms with E-state index in [2.05, 4.69) is 10.3 Å². The predicted octanol–water partition coefficient (Wildman–Crippen LogP) is 1.77. The first-order chi connectivity index (χ1) is 13.0. The van der Waals surface area contributed by atoms with Crippen molar-refractivity contribution in [1.29, 1.82) is 0 Å². The molecule has 0 unspecified atom stereocenters. The number of carbonyl (C=O) groups excluding carboxylic acids is 2. The van der Waals surface area contributed by atoms with Gasteiger partial charge in [-0.3, -0.25) is 14.3 Å². The van der Waals surface area contributed by atoms with E-state index >= 15 is 0 Å². The summed E-state index contributed by atoms with van der Waals surface area (Å²) < 4.78 is 6.96. The van der Waals surface area contributed by atoms with Gasteiger partial charge in [-0.15, -0.1) is 0 Å². The molecule has 3 aliphatic heterocycles. The van der Waals surface area contributed by atoms with Crippen LogP contribution in [0.5, 0.6) is 0 Å². The maximum atomic E-state index is 13.1. The van der Waals surface area contributed by atoms with Crippen molar-refractivity contribution in [2.45, 2.75) is 52.7 Å². The summed E-state index contributed by atoms with van der Waals surface area (Å²) >= 11 is 0. The number of aryl methyl sites for hydroxylation is 3. The summed E-state index contributed by atoms with van der Waals surface area (Å²) in [5.41, 5.74) is 2.38. The molecule has 2 aromatic heterocycles. The maximum Gasteiger partial charge on any atom is 0.272 e. The van der Waals surface area contributed by atoms with Gasteiger partial charge in [-0.2, -0.15) is 5.10 Å². The molecule has 2 amide bonds. The second kappa shape index (κ2) is 6.83. The molecule has 0 spiro atoms. The van der Waals surface area contributed by atoms with Crippen molar-refractivity contribution in [3.05, 3.63) is 35.0 Å². The molecule has 0 N–H and O–H groups in total. The Bertz CT molecular complexity index is 851. The zero-order chi connectivity index (χ0) is 19.1. The second-order valence-electron chi connectivity index (χ2n) is 7.44. The molecule has 2 atom stereocenters. The van der Waals surface area contributed by atoms with E-state index in [1.54, 1.807) is 16.9 Å². The first-order valence-corrected chi connectivity index (χ1v) is 9.53. The van der Waals surface area contributed by atoms with Crippen LogP contribution in [0, 0.1) is 19.8 Å². The maximum absolute atomic E-state index is 13.1. The summed E-state index contributed by atoms with van der Waals surface area (Å²) in [6.45, 7) is 7.90. The molecular formula is C19H25N5O3. The minimum absolute atomic E-state index is 0.0203. The van der Waals surface area contributed by atoms with Gasteiger partial charge in [0.05, 0.1) is 18.2 Å². The number of carbonyl (C=O) groups is 2. The van der Waals surface area contributed by atoms with Crippen LogP contribution in [0.15, 0.2) is 16.8 Å². The fraction of sp³-hybridized carbons (Fsp3) is 0.579. The summed E-state index contributed by atoms with van der Waals surface area (Å²) in [6, 6.07) is 1.77. The van der Waals surface area contributed by atoms with Crippen molar-refractivity contribution in [2.24, 2.45) is 5.92 Å². The minimum atomic E-state index is -0.147. The van der Waals surface area contributed by atoms with Crippen LogP contribution in [0.2, 0.25) is 0 Å². The van der Waals surface area contributed by atoms with Crippen LogP contribution in [-0.4, -0.2) is 55.7 Å². The lowest BCUT2D eigenvalue weighted by atomic mass is 9.93. The fourth-order valence-corrected chi connectivity index (χ4v) is 4.24. The second-order valence-corrected chi connectivity index (χ2v) is 7.44. The lowest BCUT2D eigenvalue weighted by Gasteiger charge is -2.35. The summed E-state index contributed by atoms with van der Waals surface area (Å²) in [7, 11) is 0. The Morgan fingerprint density at radius 1 is 1.30 bits per heavy atom. The molecule has 5 rings (SSSR count). The molecule has 27 heavy (non-hydrogen) atoms. The van der Waals surface area contributed by atoms with Crippen molar-refractivity contribution in [3.63, 3.8) is 0 Å². The number of hydrogen-bond donors (Lipinski definition) is 0. The third-order valence-electron chi connectivity index (χ3n) is 5.83. The molecule has 144 valence electrons. The van der Waals surface area contributed by atoms with E-state index < -0.39 is 0 Å². The largest absolute Gasteiger partial charge is 0.361 e. The molecule has 2 bridgehead atoms. The lowest BCUT2D eigenvalue weighted by Crippen LogP contribution is -2.47. The molecule has 5 heterocycles. The van der Waals surface area contributed by atoms with Crippen LogP contribution in [0.3, 0.4) is 0 Å². The average molecular weight is 371 g/mol. The summed E-state index contributed by atoms with van der Waals surface area (Å²) in [5.74, 6) is 0.690. The van der Waals surface area contributed by atoms with Gasteiger partial charge < -0.3 is 14.3 Å². The van der Waals surface area contributed by atoms with Gasteiger partial charge in [0.15, 0.2) is 0 Å². The Labute approximate surface area is 158 Å². The van der Waals surface area contributed by atoms with Gasteiger partial charge in [0.2, 0.25) is 5.91 Å². The summed E-state index contributed by atoms with van der Waals surface area (Å²) in [5, 5.41) is 8.20. The predicted molar refractivity (Wildman–Crippen MR) is 96.8 cm³/mol. The van der Waals surface area contributed by atoms with E-state index in [0.29, 0.717) is 31.9 Å². The van der Waals surface area contributed by atoms with Crippen molar-refractivity contribution < 1.29 is 14.1 Å². The zero-order valence-electron chi connectivity index (χ0n) is 16.0. The highest BCUT2D eigenvalue weighted by atomic mass is 16.5. The van der Waals surface area contributed by atoms with Gasteiger partial charge >= 0.3 is 0 Å². The van der Waals surface area contributed by atoms with E-state index in [-0.39, 0.29) is 23.8 Å². The van der Waals surface area contributed by atoms with E-state index in [9.17, 15) is 9.59 Å². The SMILES string of the molecule is CCn1nccc1C(=O)N1C[C@@H]2CC[C@H](C1)N(Cc1c(C)noc1C)C2=O. The number of piperidine rings is 1. The van der Waals surface area contributed by atoms with Gasteiger partial charge in [-0.1, -0.05) is 5.16 Å². The number of hydrogen-bond acceptors (Lipinski definition) is 5. The molecule has 0 saturated carbocycles. The van der Waals surface area contributed by atoms with E-state index in [1.165, 1.54) is 0 Å². The van der Waals surface area contributed by atoms with Gasteiger partial charge in [-0.05, 0) is 39.7 Å². The molecule has 0 aliphatic carbocycles. The smallest absolute Gasteiger partial charge is 0.272 e. The van der Waals surface area contributed by atoms with Crippen molar-refractivity contribution >= 4 is 11.8 Å². The van der Waals surface area contributed by atoms with Gasteiger partial charge in [0, 0.05) is 37.4 Å². The Hall–Kier alpha value is -2.64. The molecule has 3 aliphatic rings. The Kier molecular flexibility index (Phi) is 4.49. The molecule has 0 radical (unpaired) electrons. The number of amides is 2. The average Bonchev–Trinajstić information content (AvgIpc) is 3.15. The third kappa shape index (κ3) is 3.02. The van der Waals surface area contributed by atoms with E-state index in [4.69, 9.17) is 4.52 Å². The van der Waals surface area contributed by atoms with Crippen molar-refractivity contribution in [3.8, 4) is 0 Å². The highest BCUT2D eigenvalue weighted by Gasteiger charge is 2.42. The Morgan fingerprint density at radius 3 is 2.81 bits per heavy atom. The first kappa shape index (κ1) is 17.8. The van der Waals surface area contributed by atoms with Crippen LogP contribution >= 0.6 is 0 Å². The van der Waals surface area contributed by atoms with Gasteiger partial charge in [-0.25, -0.2) is 0 Å². The monoisotopic (exact) mass is 371 g/mol. The topological polar surface area (TPSA) is 84.5 Å². The summed E-state index contributed by atoms with van der Waals surface area (Å²) in [4.78, 5) is 29.9. The van der Waals surface area contributed by atoms with Crippen LogP contribution in [-0.2, 0) is 17.9 Å². The third-order valence-corrected chi connectivity index (χ3v) is 5.83. The first-order valence-electron chi connectivity index (χ1n) is 9.53. The molecule has 3 saturated heterocycles. The Balaban J connectivity index is 1.58. The number of fused-ring (bicyclic) bond motifs is 4. The van der Waals surface area contributed by atoms with E-state index in [0.717, 1.165) is 29.9 Å². The molecule has 2 aromatic rings. The minimum Gasteiger partial charge on any atom is -0.361 e. The van der Waals surface area contributed by atoms with Gasteiger partial charge in [0.25, 0.3) is 5.91 Å². The van der Waals surface area contributed by atoms with Crippen LogP contribution < -0.4 is 0 Å². The standard InChI is InChI=1S/C19H25N5O3/c1-4-24-17(7-8-20-24)19(26)22-9-14-5-6-15(10-22)23(18(14)25)11-16-12(2)21-27-13(16)3/h7-8,14-15H,4-6,9-11H2,1-3H3/t14-,15+/m0/s1. The normalized spacial score (nSPS) is 22.4. The van der Waals surface area contributed by atoms with Crippen LogP contribution in [0.25, 0.3) is 0 Å². The Morgan fingerprint density at radius 2 is 2.11 bits per heavy atom. The number of nitrogens with zero attached hydrogens (tertiary/aromatic N) is 5. The highest BCUT2D eigenvalue weighted by molar-refractivity contribution is 5.93. The molecule has 8 heteroatoms. The fourth-order valence-electron chi connectivity index (χ4n) is 4.24. The lowest BCUT2D eigenvalue weighted by molar-refractivity contribution is -0.140. The zero-order valence-corrected chi connectivity index (χ0v) is 16.0. The van der Waals surface area contributed by atoms with Crippen LogP contribution in [0.4, 0.5) is 0 Å².